The van der Waals surface area contributed by atoms with Crippen molar-refractivity contribution in [2.75, 3.05) is 18.4 Å². The van der Waals surface area contributed by atoms with E-state index in [2.05, 4.69) is 39.2 Å². The fourth-order valence-corrected chi connectivity index (χ4v) is 2.86. The van der Waals surface area contributed by atoms with Crippen LogP contribution in [0.4, 0.5) is 11.6 Å². The molecular formula is C16H23N5O. The summed E-state index contributed by atoms with van der Waals surface area (Å²) in [6.07, 6.45) is 1.12. The number of rotatable bonds is 4. The molecule has 0 bridgehead atoms. The summed E-state index contributed by atoms with van der Waals surface area (Å²) in [5.41, 5.74) is 0.968. The first-order valence-electron chi connectivity index (χ1n) is 7.81. The maximum atomic E-state index is 5.07. The van der Waals surface area contributed by atoms with Gasteiger partial charge in [-0.25, -0.2) is 9.97 Å². The Bertz CT molecular complexity index is 652. The number of anilines is 2. The molecule has 1 N–H and O–H groups in total. The van der Waals surface area contributed by atoms with Gasteiger partial charge in [0, 0.05) is 36.3 Å². The van der Waals surface area contributed by atoms with E-state index in [0.29, 0.717) is 17.8 Å². The average Bonchev–Trinajstić information content (AvgIpc) is 3.07. The van der Waals surface area contributed by atoms with Crippen molar-refractivity contribution in [3.63, 3.8) is 0 Å². The van der Waals surface area contributed by atoms with Crippen LogP contribution in [0.25, 0.3) is 0 Å². The van der Waals surface area contributed by atoms with E-state index in [9.17, 15) is 0 Å². The van der Waals surface area contributed by atoms with Crippen LogP contribution in [0.5, 0.6) is 0 Å². The fraction of sp³-hybridized carbons (Fsp3) is 0.562. The van der Waals surface area contributed by atoms with Crippen molar-refractivity contribution in [3.05, 3.63) is 29.4 Å². The van der Waals surface area contributed by atoms with E-state index in [4.69, 9.17) is 4.52 Å². The maximum Gasteiger partial charge on any atom is 0.175 e. The molecule has 118 valence electrons. The van der Waals surface area contributed by atoms with Crippen molar-refractivity contribution in [3.8, 4) is 0 Å². The lowest BCUT2D eigenvalue weighted by Crippen LogP contribution is -2.28. The molecule has 0 saturated carbocycles. The first kappa shape index (κ1) is 15.0. The lowest BCUT2D eigenvalue weighted by Gasteiger charge is -2.20. The van der Waals surface area contributed by atoms with Crippen LogP contribution in [-0.2, 0) is 0 Å². The Morgan fingerprint density at radius 3 is 2.68 bits per heavy atom. The van der Waals surface area contributed by atoms with Crippen LogP contribution in [0.2, 0.25) is 0 Å². The highest BCUT2D eigenvalue weighted by molar-refractivity contribution is 5.51. The standard InChI is InChI=1S/C16H23N5O/c1-10(2)21-6-5-13(9-21)16-17-11(3)7-14(19-16)18-15-8-12(4)22-20-15/h7-8,10,13H,5-6,9H2,1-4H3,(H,17,18,19,20). The molecule has 6 heteroatoms. The first-order valence-corrected chi connectivity index (χ1v) is 7.81. The van der Waals surface area contributed by atoms with Gasteiger partial charge < -0.3 is 14.7 Å². The van der Waals surface area contributed by atoms with Crippen LogP contribution < -0.4 is 5.32 Å². The largest absolute Gasteiger partial charge is 0.360 e. The molecule has 0 aliphatic carbocycles. The van der Waals surface area contributed by atoms with Crippen LogP contribution in [0.3, 0.4) is 0 Å². The Labute approximate surface area is 130 Å². The summed E-state index contributed by atoms with van der Waals surface area (Å²) < 4.78 is 5.07. The van der Waals surface area contributed by atoms with Gasteiger partial charge in [-0.1, -0.05) is 5.16 Å². The van der Waals surface area contributed by atoms with Gasteiger partial charge in [-0.15, -0.1) is 0 Å². The Balaban J connectivity index is 1.78. The van der Waals surface area contributed by atoms with E-state index in [1.54, 1.807) is 0 Å². The van der Waals surface area contributed by atoms with Gasteiger partial charge in [-0.05, 0) is 40.7 Å². The Morgan fingerprint density at radius 2 is 2.05 bits per heavy atom. The molecule has 0 amide bonds. The molecule has 3 heterocycles. The monoisotopic (exact) mass is 301 g/mol. The molecule has 0 aromatic carbocycles. The topological polar surface area (TPSA) is 67.1 Å². The van der Waals surface area contributed by atoms with Crippen LogP contribution in [-0.4, -0.2) is 39.2 Å². The van der Waals surface area contributed by atoms with Crippen molar-refractivity contribution in [1.82, 2.24) is 20.0 Å². The van der Waals surface area contributed by atoms with E-state index in [1.165, 1.54) is 0 Å². The molecule has 1 aliphatic heterocycles. The minimum Gasteiger partial charge on any atom is -0.360 e. The van der Waals surface area contributed by atoms with E-state index in [1.807, 2.05) is 26.0 Å². The Hall–Kier alpha value is -1.95. The third-order valence-electron chi connectivity index (χ3n) is 4.07. The van der Waals surface area contributed by atoms with E-state index >= 15 is 0 Å². The predicted molar refractivity (Wildman–Crippen MR) is 85.4 cm³/mol. The third kappa shape index (κ3) is 3.27. The van der Waals surface area contributed by atoms with Crippen molar-refractivity contribution in [2.45, 2.75) is 46.1 Å². The summed E-state index contributed by atoms with van der Waals surface area (Å²) in [4.78, 5) is 11.8. The molecular weight excluding hydrogens is 278 g/mol. The number of hydrogen-bond acceptors (Lipinski definition) is 6. The molecule has 6 nitrogen and oxygen atoms in total. The summed E-state index contributed by atoms with van der Waals surface area (Å²) in [5, 5.41) is 7.14. The third-order valence-corrected chi connectivity index (χ3v) is 4.07. The molecule has 2 aromatic heterocycles. The normalized spacial score (nSPS) is 19.0. The number of nitrogens with zero attached hydrogens (tertiary/aromatic N) is 4. The number of likely N-dealkylation sites (tertiary alicyclic amines) is 1. The number of hydrogen-bond donors (Lipinski definition) is 1. The first-order chi connectivity index (χ1) is 10.5. The van der Waals surface area contributed by atoms with Gasteiger partial charge in [0.15, 0.2) is 5.82 Å². The molecule has 1 atom stereocenters. The molecule has 0 radical (unpaired) electrons. The second kappa shape index (κ2) is 6.04. The highest BCUT2D eigenvalue weighted by atomic mass is 16.5. The number of nitrogens with one attached hydrogen (secondary N) is 1. The number of aromatic nitrogens is 3. The zero-order chi connectivity index (χ0) is 15.7. The average molecular weight is 301 g/mol. The molecule has 3 rings (SSSR count). The second-order valence-corrected chi connectivity index (χ2v) is 6.27. The smallest absolute Gasteiger partial charge is 0.175 e. The Kier molecular flexibility index (Phi) is 4.11. The maximum absolute atomic E-state index is 5.07. The molecule has 0 spiro atoms. The summed E-state index contributed by atoms with van der Waals surface area (Å²) in [6.45, 7) is 10.5. The molecule has 1 aliphatic rings. The highest BCUT2D eigenvalue weighted by Gasteiger charge is 2.27. The summed E-state index contributed by atoms with van der Waals surface area (Å²) in [7, 11) is 0. The molecule has 1 fully saturated rings. The molecule has 2 aromatic rings. The lowest BCUT2D eigenvalue weighted by atomic mass is 10.1. The van der Waals surface area contributed by atoms with Gasteiger partial charge in [0.1, 0.15) is 17.4 Å². The van der Waals surface area contributed by atoms with Gasteiger partial charge in [0.2, 0.25) is 0 Å². The molecule has 1 unspecified atom stereocenters. The van der Waals surface area contributed by atoms with Crippen molar-refractivity contribution in [1.29, 1.82) is 0 Å². The second-order valence-electron chi connectivity index (χ2n) is 6.27. The fourth-order valence-electron chi connectivity index (χ4n) is 2.86. The number of aryl methyl sites for hydroxylation is 2. The van der Waals surface area contributed by atoms with Crippen LogP contribution in [0.1, 0.15) is 43.5 Å². The van der Waals surface area contributed by atoms with Crippen molar-refractivity contribution in [2.24, 2.45) is 0 Å². The van der Waals surface area contributed by atoms with Gasteiger partial charge >= 0.3 is 0 Å². The van der Waals surface area contributed by atoms with Gasteiger partial charge in [0.05, 0.1) is 0 Å². The minimum atomic E-state index is 0.405. The minimum absolute atomic E-state index is 0.405. The quantitative estimate of drug-likeness (QED) is 0.936. The zero-order valence-electron chi connectivity index (χ0n) is 13.6. The lowest BCUT2D eigenvalue weighted by molar-refractivity contribution is 0.272. The Morgan fingerprint density at radius 1 is 1.23 bits per heavy atom. The summed E-state index contributed by atoms with van der Waals surface area (Å²) in [5.74, 6) is 3.56. The SMILES string of the molecule is Cc1cc(Nc2cc(C)on2)nc(C2CCN(C(C)C)C2)n1. The summed E-state index contributed by atoms with van der Waals surface area (Å²) >= 11 is 0. The van der Waals surface area contributed by atoms with Gasteiger partial charge in [-0.2, -0.15) is 0 Å². The highest BCUT2D eigenvalue weighted by Crippen LogP contribution is 2.27. The predicted octanol–water partition coefficient (Wildman–Crippen LogP) is 3.02. The van der Waals surface area contributed by atoms with Crippen LogP contribution in [0, 0.1) is 13.8 Å². The van der Waals surface area contributed by atoms with E-state index < -0.39 is 0 Å². The van der Waals surface area contributed by atoms with Crippen molar-refractivity contribution >= 4 is 11.6 Å². The summed E-state index contributed by atoms with van der Waals surface area (Å²) in [6, 6.07) is 4.36. The van der Waals surface area contributed by atoms with Gasteiger partial charge in [-0.3, -0.25) is 0 Å². The van der Waals surface area contributed by atoms with E-state index in [-0.39, 0.29) is 0 Å². The van der Waals surface area contributed by atoms with Crippen molar-refractivity contribution < 1.29 is 4.52 Å². The van der Waals surface area contributed by atoms with Crippen LogP contribution in [0.15, 0.2) is 16.7 Å². The molecule has 22 heavy (non-hydrogen) atoms. The molecule has 1 saturated heterocycles. The van der Waals surface area contributed by atoms with Crippen LogP contribution >= 0.6 is 0 Å². The van der Waals surface area contributed by atoms with E-state index in [0.717, 1.165) is 42.6 Å². The zero-order valence-corrected chi connectivity index (χ0v) is 13.6. The van der Waals surface area contributed by atoms with Gasteiger partial charge in [0.25, 0.3) is 0 Å².